The molecule has 0 aliphatic heterocycles. The predicted octanol–water partition coefficient (Wildman–Crippen LogP) is 4.20. The lowest BCUT2D eigenvalue weighted by atomic mass is 10.2. The maximum Gasteiger partial charge on any atom is 0.336 e. The number of hydrogen-bond donors (Lipinski definition) is 1. The fourth-order valence-electron chi connectivity index (χ4n) is 1.55. The molecule has 0 fully saturated rings. The second-order valence-electron chi connectivity index (χ2n) is 3.73. The molecule has 0 amide bonds. The summed E-state index contributed by atoms with van der Waals surface area (Å²) in [4.78, 5) is 12.8. The van der Waals surface area contributed by atoms with Crippen LogP contribution in [0.2, 0.25) is 5.02 Å². The summed E-state index contributed by atoms with van der Waals surface area (Å²) < 4.78 is 5.04. The van der Waals surface area contributed by atoms with E-state index in [1.807, 2.05) is 12.1 Å². The third-order valence-corrected chi connectivity index (χ3v) is 3.74. The van der Waals surface area contributed by atoms with Crippen LogP contribution in [0.3, 0.4) is 0 Å². The van der Waals surface area contributed by atoms with Crippen molar-refractivity contribution < 1.29 is 14.6 Å². The summed E-state index contributed by atoms with van der Waals surface area (Å²) >= 11 is 7.27. The zero-order valence-corrected chi connectivity index (χ0v) is 11.7. The van der Waals surface area contributed by atoms with Gasteiger partial charge in [-0.3, -0.25) is 0 Å². The van der Waals surface area contributed by atoms with Crippen molar-refractivity contribution in [2.75, 3.05) is 7.11 Å². The SMILES string of the molecule is COc1ccc(Sc2cccc(Cl)c2)c(C(=O)O)c1. The third-order valence-electron chi connectivity index (χ3n) is 2.44. The van der Waals surface area contributed by atoms with Gasteiger partial charge in [0.15, 0.2) is 0 Å². The first kappa shape index (κ1) is 13.8. The highest BCUT2D eigenvalue weighted by Crippen LogP contribution is 2.33. The molecule has 0 aliphatic rings. The van der Waals surface area contributed by atoms with Crippen LogP contribution in [-0.2, 0) is 0 Å². The van der Waals surface area contributed by atoms with Crippen LogP contribution < -0.4 is 4.74 Å². The van der Waals surface area contributed by atoms with Crippen LogP contribution in [0.4, 0.5) is 0 Å². The van der Waals surface area contributed by atoms with Crippen molar-refractivity contribution in [3.8, 4) is 5.75 Å². The molecule has 5 heteroatoms. The minimum absolute atomic E-state index is 0.212. The van der Waals surface area contributed by atoms with E-state index in [-0.39, 0.29) is 5.56 Å². The Labute approximate surface area is 120 Å². The number of aromatic carboxylic acids is 1. The molecule has 0 spiro atoms. The normalized spacial score (nSPS) is 10.2. The van der Waals surface area contributed by atoms with Crippen LogP contribution in [-0.4, -0.2) is 18.2 Å². The number of methoxy groups -OCH3 is 1. The molecule has 3 nitrogen and oxygen atoms in total. The molecule has 0 unspecified atom stereocenters. The van der Waals surface area contributed by atoms with E-state index in [4.69, 9.17) is 16.3 Å². The van der Waals surface area contributed by atoms with Gasteiger partial charge < -0.3 is 9.84 Å². The number of carbonyl (C=O) groups is 1. The molecule has 2 aromatic carbocycles. The second kappa shape index (κ2) is 5.99. The zero-order valence-electron chi connectivity index (χ0n) is 10.1. The van der Waals surface area contributed by atoms with Gasteiger partial charge in [0, 0.05) is 14.8 Å². The van der Waals surface area contributed by atoms with Crippen molar-refractivity contribution in [3.05, 3.63) is 53.1 Å². The van der Waals surface area contributed by atoms with Crippen LogP contribution in [0.15, 0.2) is 52.3 Å². The van der Waals surface area contributed by atoms with Gasteiger partial charge in [-0.25, -0.2) is 4.79 Å². The number of benzene rings is 2. The molecule has 1 N–H and O–H groups in total. The molecule has 98 valence electrons. The Hall–Kier alpha value is -1.65. The van der Waals surface area contributed by atoms with Crippen LogP contribution in [0.25, 0.3) is 0 Å². The van der Waals surface area contributed by atoms with Gasteiger partial charge in [-0.15, -0.1) is 0 Å². The Morgan fingerprint density at radius 2 is 2.05 bits per heavy atom. The first-order valence-electron chi connectivity index (χ1n) is 5.45. The van der Waals surface area contributed by atoms with E-state index in [0.717, 1.165) is 4.90 Å². The van der Waals surface area contributed by atoms with Gasteiger partial charge >= 0.3 is 5.97 Å². The van der Waals surface area contributed by atoms with Gasteiger partial charge in [0.25, 0.3) is 0 Å². The Morgan fingerprint density at radius 1 is 1.26 bits per heavy atom. The molecule has 2 aromatic rings. The number of carboxylic acids is 1. The molecule has 0 radical (unpaired) electrons. The summed E-state index contributed by atoms with van der Waals surface area (Å²) in [7, 11) is 1.50. The van der Waals surface area contributed by atoms with E-state index in [2.05, 4.69) is 0 Å². The lowest BCUT2D eigenvalue weighted by Crippen LogP contribution is -1.99. The number of ether oxygens (including phenoxy) is 1. The standard InChI is InChI=1S/C14H11ClO3S/c1-18-10-5-6-13(12(8-10)14(16)17)19-11-4-2-3-9(15)7-11/h2-8H,1H3,(H,16,17). The van der Waals surface area contributed by atoms with Crippen molar-refractivity contribution in [1.82, 2.24) is 0 Å². The van der Waals surface area contributed by atoms with E-state index >= 15 is 0 Å². The van der Waals surface area contributed by atoms with E-state index in [1.165, 1.54) is 24.9 Å². The van der Waals surface area contributed by atoms with Crippen LogP contribution in [0, 0.1) is 0 Å². The van der Waals surface area contributed by atoms with Gasteiger partial charge in [0.05, 0.1) is 12.7 Å². The van der Waals surface area contributed by atoms with E-state index in [1.54, 1.807) is 24.3 Å². The molecule has 2 rings (SSSR count). The van der Waals surface area contributed by atoms with Crippen LogP contribution >= 0.6 is 23.4 Å². The van der Waals surface area contributed by atoms with Crippen molar-refractivity contribution in [1.29, 1.82) is 0 Å². The smallest absolute Gasteiger partial charge is 0.336 e. The molecular formula is C14H11ClO3S. The molecule has 0 aromatic heterocycles. The highest BCUT2D eigenvalue weighted by atomic mass is 35.5. The average molecular weight is 295 g/mol. The molecule has 0 bridgehead atoms. The third kappa shape index (κ3) is 3.43. The molecule has 0 atom stereocenters. The summed E-state index contributed by atoms with van der Waals surface area (Å²) in [6.45, 7) is 0. The Morgan fingerprint density at radius 3 is 2.68 bits per heavy atom. The Bertz CT molecular complexity index is 613. The average Bonchev–Trinajstić information content (AvgIpc) is 2.39. The molecule has 0 saturated heterocycles. The Balaban J connectivity index is 2.36. The van der Waals surface area contributed by atoms with Crippen molar-refractivity contribution >= 4 is 29.3 Å². The molecule has 0 heterocycles. The summed E-state index contributed by atoms with van der Waals surface area (Å²) in [6.07, 6.45) is 0. The van der Waals surface area contributed by atoms with Crippen molar-refractivity contribution in [2.45, 2.75) is 9.79 Å². The number of hydrogen-bond acceptors (Lipinski definition) is 3. The highest BCUT2D eigenvalue weighted by molar-refractivity contribution is 7.99. The molecular weight excluding hydrogens is 284 g/mol. The minimum atomic E-state index is -0.983. The van der Waals surface area contributed by atoms with Crippen LogP contribution in [0.1, 0.15) is 10.4 Å². The summed E-state index contributed by atoms with van der Waals surface area (Å²) in [6, 6.07) is 12.3. The van der Waals surface area contributed by atoms with Gasteiger partial charge in [0.1, 0.15) is 5.75 Å². The zero-order chi connectivity index (χ0) is 13.8. The van der Waals surface area contributed by atoms with E-state index in [0.29, 0.717) is 15.7 Å². The summed E-state index contributed by atoms with van der Waals surface area (Å²) in [5, 5.41) is 9.84. The number of halogens is 1. The topological polar surface area (TPSA) is 46.5 Å². The lowest BCUT2D eigenvalue weighted by molar-refractivity contribution is 0.0692. The fourth-order valence-corrected chi connectivity index (χ4v) is 2.78. The maximum atomic E-state index is 11.3. The lowest BCUT2D eigenvalue weighted by Gasteiger charge is -2.08. The number of carboxylic acid groups (broad SMARTS) is 1. The monoisotopic (exact) mass is 294 g/mol. The largest absolute Gasteiger partial charge is 0.497 e. The predicted molar refractivity (Wildman–Crippen MR) is 75.5 cm³/mol. The molecule has 0 aliphatic carbocycles. The van der Waals surface area contributed by atoms with Crippen LogP contribution in [0.5, 0.6) is 5.75 Å². The highest BCUT2D eigenvalue weighted by Gasteiger charge is 2.12. The van der Waals surface area contributed by atoms with Crippen molar-refractivity contribution in [2.24, 2.45) is 0 Å². The summed E-state index contributed by atoms with van der Waals surface area (Å²) in [5.41, 5.74) is 0.212. The Kier molecular flexibility index (Phi) is 4.35. The van der Waals surface area contributed by atoms with Gasteiger partial charge in [0.2, 0.25) is 0 Å². The quantitative estimate of drug-likeness (QED) is 0.918. The first-order valence-corrected chi connectivity index (χ1v) is 6.64. The first-order chi connectivity index (χ1) is 9.10. The van der Waals surface area contributed by atoms with Gasteiger partial charge in [-0.1, -0.05) is 29.4 Å². The second-order valence-corrected chi connectivity index (χ2v) is 5.28. The van der Waals surface area contributed by atoms with Crippen molar-refractivity contribution in [3.63, 3.8) is 0 Å². The van der Waals surface area contributed by atoms with E-state index < -0.39 is 5.97 Å². The number of rotatable bonds is 4. The van der Waals surface area contributed by atoms with Gasteiger partial charge in [-0.2, -0.15) is 0 Å². The minimum Gasteiger partial charge on any atom is -0.497 e. The van der Waals surface area contributed by atoms with Gasteiger partial charge in [-0.05, 0) is 36.4 Å². The molecule has 19 heavy (non-hydrogen) atoms. The van der Waals surface area contributed by atoms with E-state index in [9.17, 15) is 9.90 Å². The summed E-state index contributed by atoms with van der Waals surface area (Å²) in [5.74, 6) is -0.462. The maximum absolute atomic E-state index is 11.3. The fraction of sp³-hybridized carbons (Fsp3) is 0.0714. The molecule has 0 saturated carbocycles.